The van der Waals surface area contributed by atoms with Gasteiger partial charge < -0.3 is 5.73 Å². The third-order valence-electron chi connectivity index (χ3n) is 3.60. The van der Waals surface area contributed by atoms with E-state index in [2.05, 4.69) is 6.08 Å². The van der Waals surface area contributed by atoms with E-state index in [0.29, 0.717) is 0 Å². The molecule has 1 saturated carbocycles. The Morgan fingerprint density at radius 1 is 1.36 bits per heavy atom. The van der Waals surface area contributed by atoms with E-state index in [9.17, 15) is 4.39 Å². The summed E-state index contributed by atoms with van der Waals surface area (Å²) < 4.78 is 14.6. The highest BCUT2D eigenvalue weighted by Crippen LogP contribution is 2.47. The minimum Gasteiger partial charge on any atom is -0.327 e. The van der Waals surface area contributed by atoms with E-state index in [1.165, 1.54) is 12.8 Å². The van der Waals surface area contributed by atoms with Crippen LogP contribution in [0.4, 0.5) is 4.39 Å². The first-order valence-electron chi connectivity index (χ1n) is 5.86. The van der Waals surface area contributed by atoms with Crippen LogP contribution >= 0.6 is 0 Å². The largest absolute Gasteiger partial charge is 0.327 e. The summed E-state index contributed by atoms with van der Waals surface area (Å²) >= 11 is 0. The molecule has 0 aromatic carbocycles. The Morgan fingerprint density at radius 3 is 2.79 bits per heavy atom. The van der Waals surface area contributed by atoms with Crippen molar-refractivity contribution < 1.29 is 4.39 Å². The van der Waals surface area contributed by atoms with Crippen LogP contribution in [0.5, 0.6) is 0 Å². The second-order valence-corrected chi connectivity index (χ2v) is 4.67. The molecular weight excluding hydrogens is 177 g/mol. The summed E-state index contributed by atoms with van der Waals surface area (Å²) in [7, 11) is 0. The molecule has 0 radical (unpaired) electrons. The minimum atomic E-state index is -1.15. The van der Waals surface area contributed by atoms with E-state index in [1.54, 1.807) is 0 Å². The van der Waals surface area contributed by atoms with E-state index >= 15 is 0 Å². The predicted octanol–water partition coefficient (Wildman–Crippen LogP) is 2.95. The van der Waals surface area contributed by atoms with Crippen LogP contribution in [-0.4, -0.2) is 12.2 Å². The maximum atomic E-state index is 14.6. The van der Waals surface area contributed by atoms with Crippen LogP contribution in [-0.2, 0) is 0 Å². The fourth-order valence-electron chi connectivity index (χ4n) is 2.49. The number of nitrogens with two attached hydrogens (primary N) is 1. The Morgan fingerprint density at radius 2 is 2.14 bits per heavy atom. The summed E-state index contributed by atoms with van der Waals surface area (Å²) in [5.41, 5.74) is 5.48. The average molecular weight is 197 g/mol. The lowest BCUT2D eigenvalue weighted by Crippen LogP contribution is -2.37. The van der Waals surface area contributed by atoms with Gasteiger partial charge in [0, 0.05) is 6.54 Å². The van der Waals surface area contributed by atoms with Gasteiger partial charge in [-0.2, -0.15) is 0 Å². The van der Waals surface area contributed by atoms with Crippen molar-refractivity contribution in [3.8, 4) is 0 Å². The van der Waals surface area contributed by atoms with Gasteiger partial charge in [0.2, 0.25) is 0 Å². The first-order chi connectivity index (χ1) is 6.77. The van der Waals surface area contributed by atoms with E-state index in [-0.39, 0.29) is 12.5 Å². The van der Waals surface area contributed by atoms with Crippen molar-refractivity contribution in [2.24, 2.45) is 11.7 Å². The Hall–Kier alpha value is -0.370. The van der Waals surface area contributed by atoms with Crippen LogP contribution in [0.3, 0.4) is 0 Å². The van der Waals surface area contributed by atoms with Crippen molar-refractivity contribution in [1.82, 2.24) is 0 Å². The zero-order valence-electron chi connectivity index (χ0n) is 8.77. The molecule has 0 aromatic heterocycles. The topological polar surface area (TPSA) is 26.0 Å². The summed E-state index contributed by atoms with van der Waals surface area (Å²) in [6, 6.07) is 0. The minimum absolute atomic E-state index is 0.184. The molecule has 2 aliphatic rings. The first kappa shape index (κ1) is 10.2. The van der Waals surface area contributed by atoms with Crippen LogP contribution in [0.25, 0.3) is 0 Å². The summed E-state index contributed by atoms with van der Waals surface area (Å²) in [4.78, 5) is 0. The molecule has 80 valence electrons. The molecule has 0 saturated heterocycles. The standard InChI is InChI=1S/C12H20FN/c13-12(9-14,11-7-8-11)10-5-3-1-2-4-6-10/h5,11H,1-4,6-9,14H2. The molecule has 0 spiro atoms. The summed E-state index contributed by atoms with van der Waals surface area (Å²) in [5.74, 6) is 0.233. The molecule has 2 aliphatic carbocycles. The Kier molecular flexibility index (Phi) is 2.91. The number of rotatable bonds is 3. The van der Waals surface area contributed by atoms with Gasteiger partial charge in [-0.25, -0.2) is 4.39 Å². The van der Waals surface area contributed by atoms with Crippen LogP contribution < -0.4 is 5.73 Å². The molecule has 2 N–H and O–H groups in total. The molecular formula is C12H20FN. The maximum Gasteiger partial charge on any atom is 0.146 e. The number of hydrogen-bond donors (Lipinski definition) is 1. The zero-order valence-corrected chi connectivity index (χ0v) is 8.77. The molecule has 1 atom stereocenters. The number of allylic oxidation sites excluding steroid dienone is 1. The second-order valence-electron chi connectivity index (χ2n) is 4.67. The van der Waals surface area contributed by atoms with Crippen molar-refractivity contribution in [2.75, 3.05) is 6.54 Å². The maximum absolute atomic E-state index is 14.6. The van der Waals surface area contributed by atoms with Crippen molar-refractivity contribution in [3.05, 3.63) is 11.6 Å². The van der Waals surface area contributed by atoms with Crippen LogP contribution in [0.1, 0.15) is 44.9 Å². The molecule has 0 bridgehead atoms. The van der Waals surface area contributed by atoms with E-state index in [4.69, 9.17) is 5.73 Å². The fraction of sp³-hybridized carbons (Fsp3) is 0.833. The number of alkyl halides is 1. The molecule has 0 amide bonds. The lowest BCUT2D eigenvalue weighted by Gasteiger charge is -2.26. The van der Waals surface area contributed by atoms with Gasteiger partial charge in [-0.05, 0) is 50.0 Å². The van der Waals surface area contributed by atoms with Crippen molar-refractivity contribution in [2.45, 2.75) is 50.6 Å². The molecule has 1 fully saturated rings. The molecule has 0 heterocycles. The molecule has 1 unspecified atom stereocenters. The lowest BCUT2D eigenvalue weighted by atomic mass is 9.87. The quantitative estimate of drug-likeness (QED) is 0.692. The van der Waals surface area contributed by atoms with Gasteiger partial charge in [0.25, 0.3) is 0 Å². The van der Waals surface area contributed by atoms with Crippen LogP contribution in [0.2, 0.25) is 0 Å². The van der Waals surface area contributed by atoms with Crippen LogP contribution in [0.15, 0.2) is 11.6 Å². The molecule has 14 heavy (non-hydrogen) atoms. The molecule has 0 aromatic rings. The Balaban J connectivity index is 2.12. The second kappa shape index (κ2) is 4.01. The monoisotopic (exact) mass is 197 g/mol. The number of halogens is 1. The van der Waals surface area contributed by atoms with Crippen LogP contribution in [0, 0.1) is 5.92 Å². The zero-order chi connectivity index (χ0) is 10.0. The SMILES string of the molecule is NCC(F)(C1=CCCCCC1)C1CC1. The predicted molar refractivity (Wildman–Crippen MR) is 56.8 cm³/mol. The highest BCUT2D eigenvalue weighted by molar-refractivity contribution is 5.23. The van der Waals surface area contributed by atoms with E-state index in [0.717, 1.165) is 37.7 Å². The summed E-state index contributed by atoms with van der Waals surface area (Å²) in [6.45, 7) is 0.184. The van der Waals surface area contributed by atoms with Gasteiger partial charge in [-0.15, -0.1) is 0 Å². The van der Waals surface area contributed by atoms with Gasteiger partial charge >= 0.3 is 0 Å². The third-order valence-corrected chi connectivity index (χ3v) is 3.60. The van der Waals surface area contributed by atoms with Gasteiger partial charge in [-0.3, -0.25) is 0 Å². The smallest absolute Gasteiger partial charge is 0.146 e. The van der Waals surface area contributed by atoms with Crippen molar-refractivity contribution in [3.63, 3.8) is 0 Å². The van der Waals surface area contributed by atoms with Gasteiger partial charge in [-0.1, -0.05) is 12.5 Å². The Bertz CT molecular complexity index is 232. The summed E-state index contributed by atoms with van der Waals surface area (Å²) in [6.07, 6.45) is 9.77. The molecule has 2 heteroatoms. The van der Waals surface area contributed by atoms with E-state index < -0.39 is 5.67 Å². The fourth-order valence-corrected chi connectivity index (χ4v) is 2.49. The molecule has 2 rings (SSSR count). The molecule has 1 nitrogen and oxygen atoms in total. The normalized spacial score (nSPS) is 27.7. The summed E-state index contributed by atoms with van der Waals surface area (Å²) in [5, 5.41) is 0. The van der Waals surface area contributed by atoms with E-state index in [1.807, 2.05) is 0 Å². The Labute approximate surface area is 85.6 Å². The number of hydrogen-bond acceptors (Lipinski definition) is 1. The van der Waals surface area contributed by atoms with Crippen molar-refractivity contribution in [1.29, 1.82) is 0 Å². The van der Waals surface area contributed by atoms with Crippen molar-refractivity contribution >= 4 is 0 Å². The average Bonchev–Trinajstić information content (AvgIpc) is 3.03. The third kappa shape index (κ3) is 1.85. The van der Waals surface area contributed by atoms with Gasteiger partial charge in [0.05, 0.1) is 0 Å². The highest BCUT2D eigenvalue weighted by atomic mass is 19.1. The lowest BCUT2D eigenvalue weighted by molar-refractivity contribution is 0.183. The molecule has 0 aliphatic heterocycles. The highest BCUT2D eigenvalue weighted by Gasteiger charge is 2.47. The first-order valence-corrected chi connectivity index (χ1v) is 5.86. The van der Waals surface area contributed by atoms with Gasteiger partial charge in [0.1, 0.15) is 5.67 Å². The van der Waals surface area contributed by atoms with Gasteiger partial charge in [0.15, 0.2) is 0 Å².